The number of likely N-dealkylation sites (tertiary alicyclic amines) is 1. The number of pyridine rings is 2. The van der Waals surface area contributed by atoms with Crippen LogP contribution in [-0.2, 0) is 11.3 Å². The maximum absolute atomic E-state index is 13.1. The van der Waals surface area contributed by atoms with E-state index in [1.807, 2.05) is 0 Å². The number of alkyl halides is 3. The Balaban J connectivity index is 1.86. The first-order chi connectivity index (χ1) is 14.8. The van der Waals surface area contributed by atoms with Crippen molar-refractivity contribution >= 4 is 23.0 Å². The number of nitrogens with zero attached hydrogens (tertiary/aromatic N) is 3. The Bertz CT molecular complexity index is 1080. The number of hydrogen-bond donors (Lipinski definition) is 2. The zero-order chi connectivity index (χ0) is 23.8. The topological polar surface area (TPSA) is 107 Å². The molecule has 2 unspecified atom stereocenters. The molecule has 8 nitrogen and oxygen atoms in total. The van der Waals surface area contributed by atoms with Crippen molar-refractivity contribution in [3.8, 4) is 0 Å². The normalized spacial score (nSPS) is 19.8. The fourth-order valence-electron chi connectivity index (χ4n) is 4.14. The minimum atomic E-state index is -4.99. The number of rotatable bonds is 3. The quantitative estimate of drug-likeness (QED) is 0.740. The summed E-state index contributed by atoms with van der Waals surface area (Å²) in [6, 6.07) is 4.91. The lowest BCUT2D eigenvalue weighted by molar-refractivity contribution is -0.192. The van der Waals surface area contributed by atoms with E-state index in [1.54, 1.807) is 39.0 Å². The molecule has 2 aromatic heterocycles. The molecule has 0 radical (unpaired) electrons. The lowest BCUT2D eigenvalue weighted by Crippen LogP contribution is -2.59. The molecule has 0 aromatic carbocycles. The summed E-state index contributed by atoms with van der Waals surface area (Å²) >= 11 is 0. The van der Waals surface area contributed by atoms with Gasteiger partial charge in [0.1, 0.15) is 5.65 Å². The second kappa shape index (κ2) is 8.44. The highest BCUT2D eigenvalue weighted by Gasteiger charge is 2.49. The number of carboxylic acid groups (broad SMARTS) is 1. The first-order valence-corrected chi connectivity index (χ1v) is 10.1. The van der Waals surface area contributed by atoms with Crippen molar-refractivity contribution in [1.82, 2.24) is 19.8 Å². The van der Waals surface area contributed by atoms with Crippen molar-refractivity contribution in [2.75, 3.05) is 6.54 Å². The molecule has 174 valence electrons. The zero-order valence-corrected chi connectivity index (χ0v) is 17.9. The molecule has 11 heteroatoms. The summed E-state index contributed by atoms with van der Waals surface area (Å²) < 4.78 is 39.3. The third kappa shape index (κ3) is 5.03. The van der Waals surface area contributed by atoms with Crippen molar-refractivity contribution in [2.24, 2.45) is 5.41 Å². The van der Waals surface area contributed by atoms with Crippen LogP contribution in [0.4, 0.5) is 18.0 Å². The highest BCUT2D eigenvalue weighted by Crippen LogP contribution is 2.36. The van der Waals surface area contributed by atoms with Gasteiger partial charge in [0.05, 0.1) is 12.2 Å². The van der Waals surface area contributed by atoms with Crippen LogP contribution in [0.3, 0.4) is 0 Å². The maximum Gasteiger partial charge on any atom is 0.471 e. The minimum Gasteiger partial charge on any atom is -0.465 e. The molecule has 2 atom stereocenters. The Labute approximate surface area is 182 Å². The predicted octanol–water partition coefficient (Wildman–Crippen LogP) is 3.37. The van der Waals surface area contributed by atoms with Gasteiger partial charge in [0.25, 0.3) is 0 Å². The van der Waals surface area contributed by atoms with Crippen LogP contribution in [0.5, 0.6) is 0 Å². The summed E-state index contributed by atoms with van der Waals surface area (Å²) in [6.07, 6.45) is -6.08. The highest BCUT2D eigenvalue weighted by molar-refractivity contribution is 5.82. The van der Waals surface area contributed by atoms with E-state index in [0.717, 1.165) is 9.80 Å². The number of nitrogens with one attached hydrogen (secondary N) is 1. The number of carbonyl (C=O) groups excluding carboxylic acids is 1. The van der Waals surface area contributed by atoms with Gasteiger partial charge in [0, 0.05) is 30.1 Å². The van der Waals surface area contributed by atoms with Crippen molar-refractivity contribution in [3.05, 3.63) is 40.3 Å². The summed E-state index contributed by atoms with van der Waals surface area (Å²) in [5.41, 5.74) is -0.321. The van der Waals surface area contributed by atoms with Gasteiger partial charge in [0.2, 0.25) is 5.56 Å². The van der Waals surface area contributed by atoms with Crippen molar-refractivity contribution in [2.45, 2.75) is 58.4 Å². The van der Waals surface area contributed by atoms with Crippen LogP contribution < -0.4 is 5.56 Å². The average Bonchev–Trinajstić information content (AvgIpc) is 2.69. The van der Waals surface area contributed by atoms with Gasteiger partial charge in [-0.15, -0.1) is 0 Å². The molecular weight excluding hydrogens is 429 g/mol. The first kappa shape index (κ1) is 23.6. The molecule has 32 heavy (non-hydrogen) atoms. The van der Waals surface area contributed by atoms with Gasteiger partial charge in [-0.05, 0) is 36.5 Å². The van der Waals surface area contributed by atoms with Gasteiger partial charge >= 0.3 is 18.2 Å². The van der Waals surface area contributed by atoms with E-state index in [-0.39, 0.29) is 31.5 Å². The number of H-pyrrole nitrogens is 1. The number of carbonyl (C=O) groups is 2. The van der Waals surface area contributed by atoms with Gasteiger partial charge in [-0.1, -0.05) is 20.8 Å². The first-order valence-electron chi connectivity index (χ1n) is 10.1. The Hall–Kier alpha value is -3.11. The highest BCUT2D eigenvalue weighted by atomic mass is 19.4. The van der Waals surface area contributed by atoms with Crippen LogP contribution in [0.15, 0.2) is 29.1 Å². The Morgan fingerprint density at radius 1 is 1.22 bits per heavy atom. The molecule has 0 bridgehead atoms. The SMILES string of the molecule is CC(C)(C)C1CC(N(Cc2ccc3ccc(=O)[nH]c3n2)C(=O)O)CCN1C(=O)C(F)(F)F. The van der Waals surface area contributed by atoms with Crippen LogP contribution in [-0.4, -0.2) is 61.7 Å². The largest absolute Gasteiger partial charge is 0.471 e. The van der Waals surface area contributed by atoms with E-state index in [0.29, 0.717) is 16.7 Å². The molecule has 1 aliphatic heterocycles. The van der Waals surface area contributed by atoms with Crippen LogP contribution in [0.2, 0.25) is 0 Å². The molecule has 2 amide bonds. The predicted molar refractivity (Wildman–Crippen MR) is 110 cm³/mol. The molecule has 0 aliphatic carbocycles. The standard InChI is InChI=1S/C21H25F3N4O4/c1-20(2,3)15-10-14(8-9-27(15)18(30)21(22,23)24)28(19(31)32)11-13-6-4-12-5-7-16(29)26-17(12)25-13/h4-7,14-15H,8-11H2,1-3H3,(H,31,32)(H,25,26,29). The van der Waals surface area contributed by atoms with E-state index in [4.69, 9.17) is 0 Å². The smallest absolute Gasteiger partial charge is 0.465 e. The number of halogens is 3. The molecule has 1 fully saturated rings. The summed E-state index contributed by atoms with van der Waals surface area (Å²) in [4.78, 5) is 44.4. The monoisotopic (exact) mass is 454 g/mol. The minimum absolute atomic E-state index is 0.0715. The Kier molecular flexibility index (Phi) is 6.21. The van der Waals surface area contributed by atoms with Crippen LogP contribution in [0, 0.1) is 5.41 Å². The van der Waals surface area contributed by atoms with E-state index in [9.17, 15) is 32.7 Å². The van der Waals surface area contributed by atoms with E-state index >= 15 is 0 Å². The molecular formula is C21H25F3N4O4. The molecule has 1 saturated heterocycles. The zero-order valence-electron chi connectivity index (χ0n) is 17.9. The second-order valence-corrected chi connectivity index (χ2v) is 9.03. The van der Waals surface area contributed by atoms with Crippen molar-refractivity contribution < 1.29 is 27.9 Å². The fraction of sp³-hybridized carbons (Fsp3) is 0.524. The molecule has 3 heterocycles. The number of piperidine rings is 1. The number of amides is 2. The maximum atomic E-state index is 13.1. The fourth-order valence-corrected chi connectivity index (χ4v) is 4.14. The number of aromatic nitrogens is 2. The van der Waals surface area contributed by atoms with Crippen molar-refractivity contribution in [3.63, 3.8) is 0 Å². The lowest BCUT2D eigenvalue weighted by atomic mass is 9.78. The Morgan fingerprint density at radius 2 is 1.88 bits per heavy atom. The molecule has 1 aliphatic rings. The van der Waals surface area contributed by atoms with Gasteiger partial charge < -0.3 is 15.0 Å². The van der Waals surface area contributed by atoms with Gasteiger partial charge in [-0.2, -0.15) is 13.2 Å². The third-order valence-electron chi connectivity index (χ3n) is 5.74. The van der Waals surface area contributed by atoms with Crippen LogP contribution in [0.1, 0.15) is 39.3 Å². The van der Waals surface area contributed by atoms with Crippen LogP contribution >= 0.6 is 0 Å². The molecule has 2 N–H and O–H groups in total. The summed E-state index contributed by atoms with van der Waals surface area (Å²) in [7, 11) is 0. The number of fused-ring (bicyclic) bond motifs is 1. The van der Waals surface area contributed by atoms with E-state index in [1.165, 1.54) is 6.07 Å². The average molecular weight is 454 g/mol. The lowest BCUT2D eigenvalue weighted by Gasteiger charge is -2.47. The Morgan fingerprint density at radius 3 is 2.47 bits per heavy atom. The molecule has 0 saturated carbocycles. The molecule has 2 aromatic rings. The molecule has 0 spiro atoms. The van der Waals surface area contributed by atoms with Gasteiger partial charge in [-0.25, -0.2) is 9.78 Å². The molecule has 3 rings (SSSR count). The number of hydrogen-bond acceptors (Lipinski definition) is 4. The van der Waals surface area contributed by atoms with Crippen LogP contribution in [0.25, 0.3) is 11.0 Å². The van der Waals surface area contributed by atoms with Gasteiger partial charge in [-0.3, -0.25) is 14.5 Å². The van der Waals surface area contributed by atoms with Gasteiger partial charge in [0.15, 0.2) is 0 Å². The summed E-state index contributed by atoms with van der Waals surface area (Å²) in [5, 5.41) is 10.5. The van der Waals surface area contributed by atoms with Crippen molar-refractivity contribution in [1.29, 1.82) is 0 Å². The third-order valence-corrected chi connectivity index (χ3v) is 5.74. The van der Waals surface area contributed by atoms with E-state index in [2.05, 4.69) is 9.97 Å². The summed E-state index contributed by atoms with van der Waals surface area (Å²) in [5.74, 6) is -1.90. The van der Waals surface area contributed by atoms with E-state index < -0.39 is 35.7 Å². The summed E-state index contributed by atoms with van der Waals surface area (Å²) in [6.45, 7) is 4.87. The second-order valence-electron chi connectivity index (χ2n) is 9.03. The number of aromatic amines is 1.